The van der Waals surface area contributed by atoms with Gasteiger partial charge in [-0.1, -0.05) is 48.5 Å². The van der Waals surface area contributed by atoms with Crippen molar-refractivity contribution in [1.29, 1.82) is 0 Å². The topological polar surface area (TPSA) is 38.1 Å². The van der Waals surface area contributed by atoms with Crippen LogP contribution in [0.1, 0.15) is 5.56 Å². The second-order valence-electron chi connectivity index (χ2n) is 5.75. The molecule has 0 spiro atoms. The van der Waals surface area contributed by atoms with Gasteiger partial charge in [-0.2, -0.15) is 5.10 Å². The molecule has 0 saturated heterocycles. The average molecular weight is 335 g/mol. The summed E-state index contributed by atoms with van der Waals surface area (Å²) >= 11 is 1.70. The molecule has 0 bridgehead atoms. The summed E-state index contributed by atoms with van der Waals surface area (Å²) in [4.78, 5) is 13.9. The van der Waals surface area contributed by atoms with Crippen LogP contribution >= 0.6 is 11.8 Å². The summed E-state index contributed by atoms with van der Waals surface area (Å²) in [6, 6.07) is 18.1. The fourth-order valence-electron chi connectivity index (χ4n) is 3.00. The van der Waals surface area contributed by atoms with Crippen LogP contribution in [0.15, 0.2) is 66.2 Å². The molecule has 1 atom stereocenters. The molecule has 0 saturated carbocycles. The van der Waals surface area contributed by atoms with Crippen molar-refractivity contribution in [2.75, 3.05) is 5.88 Å². The largest absolute Gasteiger partial charge is 0.336 e. The highest BCUT2D eigenvalue weighted by molar-refractivity contribution is 8.02. The Morgan fingerprint density at radius 2 is 1.92 bits per heavy atom. The van der Waals surface area contributed by atoms with Crippen molar-refractivity contribution in [2.24, 2.45) is 0 Å². The lowest BCUT2D eigenvalue weighted by Crippen LogP contribution is -2.36. The van der Waals surface area contributed by atoms with Gasteiger partial charge in [0.2, 0.25) is 0 Å². The molecule has 0 unspecified atom stereocenters. The van der Waals surface area contributed by atoms with Crippen LogP contribution < -0.4 is 0 Å². The van der Waals surface area contributed by atoms with Gasteiger partial charge < -0.3 is 9.69 Å². The van der Waals surface area contributed by atoms with Gasteiger partial charge in [0.15, 0.2) is 0 Å². The number of aldehydes is 1. The Morgan fingerprint density at radius 1 is 1.12 bits per heavy atom. The molecule has 0 aliphatic carbocycles. The second-order valence-corrected chi connectivity index (χ2v) is 6.58. The van der Waals surface area contributed by atoms with Crippen LogP contribution in [0.2, 0.25) is 0 Å². The summed E-state index contributed by atoms with van der Waals surface area (Å²) in [5.74, 6) is 1.73. The van der Waals surface area contributed by atoms with E-state index < -0.39 is 0 Å². The smallest absolute Gasteiger partial charge is 0.142 e. The van der Waals surface area contributed by atoms with E-state index in [1.54, 1.807) is 11.8 Å². The third kappa shape index (κ3) is 2.71. The number of nitrogens with zero attached hydrogens (tertiary/aromatic N) is 3. The van der Waals surface area contributed by atoms with Gasteiger partial charge in [0, 0.05) is 10.8 Å². The predicted octanol–water partition coefficient (Wildman–Crippen LogP) is 3.61. The average Bonchev–Trinajstić information content (AvgIpc) is 3.27. The highest BCUT2D eigenvalue weighted by Gasteiger charge is 2.26. The minimum absolute atomic E-state index is 0.198. The van der Waals surface area contributed by atoms with Crippen LogP contribution in [0.4, 0.5) is 0 Å². The Labute approximate surface area is 144 Å². The van der Waals surface area contributed by atoms with Crippen LogP contribution in [0.5, 0.6) is 0 Å². The van der Waals surface area contributed by atoms with E-state index in [1.807, 2.05) is 47.3 Å². The molecule has 1 aliphatic rings. The number of aromatic nitrogens is 2. The van der Waals surface area contributed by atoms with Crippen LogP contribution in [0.25, 0.3) is 16.7 Å². The molecular formula is C19H17N3OS. The SMILES string of the molecule is O=C[C@H](Cc1ccccc1)N1CSC=C1n1ncc2ccccc21. The van der Waals surface area contributed by atoms with Crippen LogP contribution in [0, 0.1) is 0 Å². The van der Waals surface area contributed by atoms with Gasteiger partial charge in [0.25, 0.3) is 0 Å². The lowest BCUT2D eigenvalue weighted by atomic mass is 10.1. The first kappa shape index (κ1) is 15.0. The molecule has 0 N–H and O–H groups in total. The first-order valence-corrected chi connectivity index (χ1v) is 8.92. The number of rotatable bonds is 5. The van der Waals surface area contributed by atoms with E-state index >= 15 is 0 Å². The predicted molar refractivity (Wildman–Crippen MR) is 98.3 cm³/mol. The number of carbonyl (C=O) groups excluding carboxylic acids is 1. The Morgan fingerprint density at radius 3 is 2.75 bits per heavy atom. The van der Waals surface area contributed by atoms with E-state index in [0.29, 0.717) is 6.42 Å². The van der Waals surface area contributed by atoms with Crippen molar-refractivity contribution in [2.45, 2.75) is 12.5 Å². The fraction of sp³-hybridized carbons (Fsp3) is 0.158. The number of hydrogen-bond donors (Lipinski definition) is 0. The van der Waals surface area contributed by atoms with Gasteiger partial charge >= 0.3 is 0 Å². The van der Waals surface area contributed by atoms with Gasteiger partial charge in [0.1, 0.15) is 12.1 Å². The number of hydrogen-bond acceptors (Lipinski definition) is 4. The quantitative estimate of drug-likeness (QED) is 0.668. The van der Waals surface area contributed by atoms with Crippen LogP contribution in [-0.2, 0) is 11.2 Å². The molecule has 0 fully saturated rings. The number of thioether (sulfide) groups is 1. The maximum absolute atomic E-state index is 11.8. The van der Waals surface area contributed by atoms with Crippen molar-refractivity contribution < 1.29 is 4.79 Å². The standard InChI is InChI=1S/C19H17N3OS/c23-12-17(10-15-6-2-1-3-7-15)21-14-24-13-19(21)22-18-9-5-4-8-16(18)11-20-22/h1-9,11-13,17H,10,14H2/t17-/m0/s1. The molecule has 5 heteroatoms. The Bertz CT molecular complexity index is 888. The summed E-state index contributed by atoms with van der Waals surface area (Å²) in [5, 5.41) is 7.71. The first-order valence-electron chi connectivity index (χ1n) is 7.87. The van der Waals surface area contributed by atoms with Crippen molar-refractivity contribution in [3.8, 4) is 0 Å². The molecule has 120 valence electrons. The van der Waals surface area contributed by atoms with E-state index in [0.717, 1.165) is 34.5 Å². The minimum atomic E-state index is -0.198. The number of carbonyl (C=O) groups is 1. The molecule has 3 aromatic rings. The Kier molecular flexibility index (Phi) is 4.09. The van der Waals surface area contributed by atoms with Gasteiger partial charge in [-0.25, -0.2) is 4.68 Å². The maximum atomic E-state index is 11.8. The molecule has 24 heavy (non-hydrogen) atoms. The number of benzene rings is 2. The highest BCUT2D eigenvalue weighted by atomic mass is 32.2. The van der Waals surface area contributed by atoms with Crippen molar-refractivity contribution in [3.63, 3.8) is 0 Å². The third-order valence-corrected chi connectivity index (χ3v) is 5.04. The minimum Gasteiger partial charge on any atom is -0.336 e. The zero-order valence-electron chi connectivity index (χ0n) is 13.1. The van der Waals surface area contributed by atoms with E-state index in [9.17, 15) is 4.79 Å². The summed E-state index contributed by atoms with van der Waals surface area (Å²) in [6.07, 6.45) is 3.60. The first-order chi connectivity index (χ1) is 11.9. The monoisotopic (exact) mass is 335 g/mol. The summed E-state index contributed by atoms with van der Waals surface area (Å²) in [7, 11) is 0. The number of para-hydroxylation sites is 1. The Balaban J connectivity index is 1.65. The molecule has 1 aromatic heterocycles. The normalized spacial score (nSPS) is 15.5. The maximum Gasteiger partial charge on any atom is 0.142 e. The molecular weight excluding hydrogens is 318 g/mol. The van der Waals surface area contributed by atoms with Crippen molar-refractivity contribution in [1.82, 2.24) is 14.7 Å². The van der Waals surface area contributed by atoms with Gasteiger partial charge in [-0.05, 0) is 18.1 Å². The van der Waals surface area contributed by atoms with Crippen LogP contribution in [0.3, 0.4) is 0 Å². The van der Waals surface area contributed by atoms with Gasteiger partial charge in [-0.3, -0.25) is 0 Å². The van der Waals surface area contributed by atoms with Gasteiger partial charge in [-0.15, -0.1) is 11.8 Å². The van der Waals surface area contributed by atoms with E-state index in [4.69, 9.17) is 0 Å². The molecule has 4 nitrogen and oxygen atoms in total. The van der Waals surface area contributed by atoms with Crippen molar-refractivity contribution in [3.05, 3.63) is 71.8 Å². The fourth-order valence-corrected chi connectivity index (χ4v) is 3.95. The third-order valence-electron chi connectivity index (χ3n) is 4.24. The van der Waals surface area contributed by atoms with Gasteiger partial charge in [0.05, 0.1) is 23.6 Å². The van der Waals surface area contributed by atoms with Crippen molar-refractivity contribution >= 4 is 34.8 Å². The zero-order chi connectivity index (χ0) is 16.4. The van der Waals surface area contributed by atoms with Crippen LogP contribution in [-0.4, -0.2) is 32.9 Å². The molecule has 1 aliphatic heterocycles. The summed E-state index contributed by atoms with van der Waals surface area (Å²) < 4.78 is 1.93. The van der Waals surface area contributed by atoms with E-state index in [-0.39, 0.29) is 6.04 Å². The second kappa shape index (κ2) is 6.53. The summed E-state index contributed by atoms with van der Waals surface area (Å²) in [6.45, 7) is 0. The Hall–Kier alpha value is -2.53. The molecule has 2 aromatic carbocycles. The van der Waals surface area contributed by atoms with E-state index in [1.165, 1.54) is 0 Å². The zero-order valence-corrected chi connectivity index (χ0v) is 13.9. The molecule has 0 amide bonds. The molecule has 2 heterocycles. The van der Waals surface area contributed by atoms with E-state index in [2.05, 4.69) is 33.6 Å². The number of fused-ring (bicyclic) bond motifs is 1. The highest BCUT2D eigenvalue weighted by Crippen LogP contribution is 2.31. The lowest BCUT2D eigenvalue weighted by molar-refractivity contribution is -0.111. The molecule has 4 rings (SSSR count). The molecule has 0 radical (unpaired) electrons. The lowest BCUT2D eigenvalue weighted by Gasteiger charge is -2.27. The summed E-state index contributed by atoms with van der Waals surface area (Å²) in [5.41, 5.74) is 2.22.